The van der Waals surface area contributed by atoms with Gasteiger partial charge in [0.2, 0.25) is 5.91 Å². The zero-order chi connectivity index (χ0) is 14.0. The van der Waals surface area contributed by atoms with Crippen LogP contribution < -0.4 is 5.32 Å². The van der Waals surface area contributed by atoms with Crippen molar-refractivity contribution < 1.29 is 14.7 Å². The third-order valence-corrected chi connectivity index (χ3v) is 4.66. The molecular weight excluding hydrogens is 242 g/mol. The van der Waals surface area contributed by atoms with Gasteiger partial charge in [0.1, 0.15) is 5.54 Å². The van der Waals surface area contributed by atoms with Crippen LogP contribution in [0.2, 0.25) is 0 Å². The molecule has 0 bridgehead atoms. The van der Waals surface area contributed by atoms with Crippen molar-refractivity contribution in [3.63, 3.8) is 0 Å². The average molecular weight is 265 g/mol. The minimum Gasteiger partial charge on any atom is -0.480 e. The van der Waals surface area contributed by atoms with Gasteiger partial charge in [0, 0.05) is 5.57 Å². The first-order chi connectivity index (χ1) is 8.94. The first kappa shape index (κ1) is 14.1. The van der Waals surface area contributed by atoms with Crippen LogP contribution in [0.4, 0.5) is 0 Å². The van der Waals surface area contributed by atoms with Gasteiger partial charge in [-0.3, -0.25) is 4.79 Å². The lowest BCUT2D eigenvalue weighted by atomic mass is 9.77. The summed E-state index contributed by atoms with van der Waals surface area (Å²) in [5.41, 5.74) is 0.876. The maximum absolute atomic E-state index is 12.3. The van der Waals surface area contributed by atoms with E-state index in [4.69, 9.17) is 0 Å². The summed E-state index contributed by atoms with van der Waals surface area (Å²) in [6, 6.07) is 0. The van der Waals surface area contributed by atoms with Crippen molar-refractivity contribution in [1.82, 2.24) is 5.32 Å². The molecule has 0 heterocycles. The van der Waals surface area contributed by atoms with Gasteiger partial charge in [-0.2, -0.15) is 0 Å². The number of carbonyl (C=O) groups is 2. The van der Waals surface area contributed by atoms with Gasteiger partial charge in [-0.15, -0.1) is 0 Å². The zero-order valence-corrected chi connectivity index (χ0v) is 11.8. The second-order valence-corrected chi connectivity index (χ2v) is 6.14. The second kappa shape index (κ2) is 5.35. The molecule has 0 aromatic rings. The Balaban J connectivity index is 2.11. The van der Waals surface area contributed by atoms with Crippen LogP contribution in [0.25, 0.3) is 0 Å². The first-order valence-corrected chi connectivity index (χ1v) is 7.19. The van der Waals surface area contributed by atoms with E-state index >= 15 is 0 Å². The fourth-order valence-electron chi connectivity index (χ4n) is 3.14. The number of hydrogen-bond acceptors (Lipinski definition) is 2. The predicted molar refractivity (Wildman–Crippen MR) is 72.7 cm³/mol. The van der Waals surface area contributed by atoms with E-state index in [1.807, 2.05) is 6.92 Å². The molecule has 19 heavy (non-hydrogen) atoms. The summed E-state index contributed by atoms with van der Waals surface area (Å²) >= 11 is 0. The molecule has 0 radical (unpaired) electrons. The number of aliphatic carboxylic acids is 1. The van der Waals surface area contributed by atoms with E-state index in [0.717, 1.165) is 43.3 Å². The van der Waals surface area contributed by atoms with E-state index in [2.05, 4.69) is 12.2 Å². The van der Waals surface area contributed by atoms with Gasteiger partial charge >= 0.3 is 5.97 Å². The molecule has 106 valence electrons. The van der Waals surface area contributed by atoms with E-state index in [0.29, 0.717) is 18.8 Å². The van der Waals surface area contributed by atoms with Gasteiger partial charge in [0.05, 0.1) is 0 Å². The van der Waals surface area contributed by atoms with Crippen molar-refractivity contribution in [3.8, 4) is 0 Å². The van der Waals surface area contributed by atoms with Gasteiger partial charge in [0.15, 0.2) is 0 Å². The Morgan fingerprint density at radius 1 is 1.26 bits per heavy atom. The molecule has 2 N–H and O–H groups in total. The van der Waals surface area contributed by atoms with Crippen LogP contribution >= 0.6 is 0 Å². The first-order valence-electron chi connectivity index (χ1n) is 7.19. The van der Waals surface area contributed by atoms with Crippen LogP contribution in [0.1, 0.15) is 58.8 Å². The lowest BCUT2D eigenvalue weighted by Crippen LogP contribution is -2.56. The Morgan fingerprint density at radius 3 is 2.37 bits per heavy atom. The van der Waals surface area contributed by atoms with Crippen LogP contribution in [0.5, 0.6) is 0 Å². The SMILES string of the molecule is CC1=C(C(=O)NC2(C(=O)O)CCC(C)CC2)CCC1. The normalized spacial score (nSPS) is 31.4. The fraction of sp³-hybridized carbons (Fsp3) is 0.733. The molecule has 1 saturated carbocycles. The number of carboxylic acids is 1. The van der Waals surface area contributed by atoms with Crippen molar-refractivity contribution >= 4 is 11.9 Å². The van der Waals surface area contributed by atoms with E-state index < -0.39 is 11.5 Å². The molecule has 0 aromatic heterocycles. The number of carboxylic acid groups (broad SMARTS) is 1. The van der Waals surface area contributed by atoms with Crippen LogP contribution in [0.15, 0.2) is 11.1 Å². The molecule has 0 aromatic carbocycles. The molecule has 0 unspecified atom stereocenters. The van der Waals surface area contributed by atoms with E-state index in [-0.39, 0.29) is 5.91 Å². The van der Waals surface area contributed by atoms with E-state index in [1.54, 1.807) is 0 Å². The summed E-state index contributed by atoms with van der Waals surface area (Å²) in [6.07, 6.45) is 5.56. The smallest absolute Gasteiger partial charge is 0.329 e. The predicted octanol–water partition coefficient (Wildman–Crippen LogP) is 2.64. The molecule has 1 amide bonds. The molecule has 0 atom stereocenters. The number of allylic oxidation sites excluding steroid dienone is 1. The Labute approximate surface area is 114 Å². The highest BCUT2D eigenvalue weighted by molar-refractivity contribution is 5.98. The second-order valence-electron chi connectivity index (χ2n) is 6.14. The minimum atomic E-state index is -1.04. The number of nitrogens with one attached hydrogen (secondary N) is 1. The summed E-state index contributed by atoms with van der Waals surface area (Å²) in [5, 5.41) is 12.3. The van der Waals surface area contributed by atoms with E-state index in [9.17, 15) is 14.7 Å². The molecule has 0 aliphatic heterocycles. The summed E-state index contributed by atoms with van der Waals surface area (Å²) in [4.78, 5) is 23.9. The molecule has 2 aliphatic carbocycles. The van der Waals surface area contributed by atoms with Crippen molar-refractivity contribution in [3.05, 3.63) is 11.1 Å². The highest BCUT2D eigenvalue weighted by atomic mass is 16.4. The van der Waals surface area contributed by atoms with Crippen LogP contribution in [-0.4, -0.2) is 22.5 Å². The third kappa shape index (κ3) is 2.82. The highest BCUT2D eigenvalue weighted by Gasteiger charge is 2.43. The van der Waals surface area contributed by atoms with Gasteiger partial charge in [0.25, 0.3) is 0 Å². The Morgan fingerprint density at radius 2 is 1.89 bits per heavy atom. The Bertz CT molecular complexity index is 417. The fourth-order valence-corrected chi connectivity index (χ4v) is 3.14. The van der Waals surface area contributed by atoms with Gasteiger partial charge in [-0.05, 0) is 57.8 Å². The van der Waals surface area contributed by atoms with Crippen LogP contribution in [0.3, 0.4) is 0 Å². The number of rotatable bonds is 3. The largest absolute Gasteiger partial charge is 0.480 e. The standard InChI is InChI=1S/C15H23NO3/c1-10-6-8-15(9-7-10,14(18)19)16-13(17)12-5-3-4-11(12)2/h10H,3-9H2,1-2H3,(H,16,17)(H,18,19). The van der Waals surface area contributed by atoms with Crippen molar-refractivity contribution in [1.29, 1.82) is 0 Å². The molecule has 1 fully saturated rings. The highest BCUT2D eigenvalue weighted by Crippen LogP contribution is 2.33. The Hall–Kier alpha value is -1.32. The lowest BCUT2D eigenvalue weighted by Gasteiger charge is -2.36. The van der Waals surface area contributed by atoms with Crippen LogP contribution in [-0.2, 0) is 9.59 Å². The number of hydrogen-bond donors (Lipinski definition) is 2. The lowest BCUT2D eigenvalue weighted by molar-refractivity contribution is -0.149. The summed E-state index contributed by atoms with van der Waals surface area (Å²) in [5.74, 6) is -0.493. The van der Waals surface area contributed by atoms with E-state index in [1.165, 1.54) is 0 Å². The zero-order valence-electron chi connectivity index (χ0n) is 11.8. The molecular formula is C15H23NO3. The monoisotopic (exact) mass is 265 g/mol. The van der Waals surface area contributed by atoms with Crippen molar-refractivity contribution in [2.24, 2.45) is 5.92 Å². The van der Waals surface area contributed by atoms with Gasteiger partial charge in [-0.1, -0.05) is 12.5 Å². The molecule has 2 aliphatic rings. The summed E-state index contributed by atoms with van der Waals surface area (Å²) < 4.78 is 0. The number of amides is 1. The molecule has 0 spiro atoms. The minimum absolute atomic E-state index is 0.160. The Kier molecular flexibility index (Phi) is 3.97. The third-order valence-electron chi connectivity index (χ3n) is 4.66. The molecule has 0 saturated heterocycles. The maximum atomic E-state index is 12.3. The topological polar surface area (TPSA) is 66.4 Å². The summed E-state index contributed by atoms with van der Waals surface area (Å²) in [6.45, 7) is 4.11. The average Bonchev–Trinajstić information content (AvgIpc) is 2.78. The quantitative estimate of drug-likeness (QED) is 0.824. The van der Waals surface area contributed by atoms with Gasteiger partial charge < -0.3 is 10.4 Å². The number of carbonyl (C=O) groups excluding carboxylic acids is 1. The van der Waals surface area contributed by atoms with Crippen molar-refractivity contribution in [2.45, 2.75) is 64.3 Å². The molecule has 2 rings (SSSR count). The van der Waals surface area contributed by atoms with Gasteiger partial charge in [-0.25, -0.2) is 4.79 Å². The van der Waals surface area contributed by atoms with Crippen molar-refractivity contribution in [2.75, 3.05) is 0 Å². The van der Waals surface area contributed by atoms with Crippen LogP contribution in [0, 0.1) is 5.92 Å². The molecule has 4 heteroatoms. The molecule has 4 nitrogen and oxygen atoms in total. The summed E-state index contributed by atoms with van der Waals surface area (Å²) in [7, 11) is 0. The maximum Gasteiger partial charge on any atom is 0.329 e.